The van der Waals surface area contributed by atoms with Gasteiger partial charge in [-0.25, -0.2) is 30.0 Å². The van der Waals surface area contributed by atoms with Gasteiger partial charge in [0.2, 0.25) is 9.05 Å². The number of nitriles is 2. The van der Waals surface area contributed by atoms with Gasteiger partial charge >= 0.3 is 6.09 Å². The molecule has 1 amide bonds. The molecule has 8 rings (SSSR count). The molecular formula is C61H86Cl2N10O8S3. The van der Waals surface area contributed by atoms with Crippen molar-refractivity contribution in [2.45, 2.75) is 142 Å². The summed E-state index contributed by atoms with van der Waals surface area (Å²) in [4.78, 5) is 15.2. The number of rotatable bonds is 14. The fraction of sp³-hybridized carbons (Fsp3) is 0.525. The highest BCUT2D eigenvalue weighted by Crippen LogP contribution is 2.25. The van der Waals surface area contributed by atoms with Crippen LogP contribution in [-0.4, -0.2) is 119 Å². The van der Waals surface area contributed by atoms with Crippen molar-refractivity contribution in [2.75, 3.05) is 55.7 Å². The molecule has 460 valence electrons. The third kappa shape index (κ3) is 28.4. The van der Waals surface area contributed by atoms with E-state index >= 15 is 0 Å². The molecule has 0 saturated carbocycles. The van der Waals surface area contributed by atoms with Gasteiger partial charge in [-0.1, -0.05) is 140 Å². The minimum absolute atomic E-state index is 0.0819. The molecule has 3 N–H and O–H groups in total. The number of hydrogen-bond donors (Lipinski definition) is 2. The smallest absolute Gasteiger partial charge is 0.410 e. The quantitative estimate of drug-likeness (QED) is 0.0978. The first kappa shape index (κ1) is 72.5. The van der Waals surface area contributed by atoms with Gasteiger partial charge in [0.25, 0.3) is 0 Å². The molecule has 5 aromatic rings. The standard InChI is InChI=1S/C20H24N4O2S.C15H23NO2S.C10H13ClO2S.C9H18N2O2.C5H2ClN3.C2H6/c1-15(2)18-5-3-16(4-6-18)13-27(25,26)14-17-9-10-24(12-17)20-8-7-19(11-21)22-23-20;1-12(2)15-5-3-13(4-6-15)10-19(17,18)11-14-7-8-16-9-14;1-8(2)10-5-3-9(4-6-10)7-14(11,12)13;1-9(2,3)13-8(12)11-5-4-7(10)6-11;6-5-2-1-4(3-7)8-9-5;1-2/h3-8,15,17H,9-10,12-14H2,1-2H3;3-6,12,14,16H,7-11H2,1-2H3;3-6,8H,7H2,1-2H3;7H,4-6,10H2,1-3H3;1-2H;1-2H3/t17-;14-;;7-;;/m00.0../s1. The van der Waals surface area contributed by atoms with Gasteiger partial charge in [0, 0.05) is 42.9 Å². The van der Waals surface area contributed by atoms with E-state index in [0.29, 0.717) is 53.5 Å². The maximum Gasteiger partial charge on any atom is 0.410 e. The van der Waals surface area contributed by atoms with Gasteiger partial charge in [-0.15, -0.1) is 20.4 Å². The van der Waals surface area contributed by atoms with Crippen molar-refractivity contribution < 1.29 is 34.8 Å². The Hall–Kier alpha value is -5.78. The Morgan fingerprint density at radius 2 is 1.10 bits per heavy atom. The predicted molar refractivity (Wildman–Crippen MR) is 337 cm³/mol. The van der Waals surface area contributed by atoms with Gasteiger partial charge in [-0.3, -0.25) is 0 Å². The summed E-state index contributed by atoms with van der Waals surface area (Å²) in [6.45, 7) is 26.8. The SMILES string of the molecule is CC.CC(C)(C)OC(=O)N1CC[C@H](N)C1.CC(C)c1ccc(CS(=O)(=O)C[C@H]2CCN(c3ccc(C#N)nn3)C2)cc1.CC(C)c1ccc(CS(=O)(=O)C[C@H]2CCNC2)cc1.CC(C)c1ccc(CS(=O)(=O)Cl)cc1.N#Cc1ccc(Cl)nn1. The molecule has 3 aliphatic heterocycles. The Kier molecular flexibility index (Phi) is 30.2. The number of sulfone groups is 2. The van der Waals surface area contributed by atoms with Crippen molar-refractivity contribution in [1.29, 1.82) is 10.5 Å². The van der Waals surface area contributed by atoms with E-state index in [1.165, 1.54) is 28.8 Å². The number of anilines is 1. The Labute approximate surface area is 510 Å². The van der Waals surface area contributed by atoms with Crippen molar-refractivity contribution in [2.24, 2.45) is 17.6 Å². The van der Waals surface area contributed by atoms with Crippen LogP contribution in [0.3, 0.4) is 0 Å². The number of benzene rings is 3. The number of carbonyl (C=O) groups excluding carboxylic acids is 1. The van der Waals surface area contributed by atoms with Gasteiger partial charge in [0.05, 0.1) is 28.8 Å². The fourth-order valence-corrected chi connectivity index (χ4v) is 13.5. The first-order chi connectivity index (χ1) is 39.4. The average molecular weight is 1250 g/mol. The Bertz CT molecular complexity index is 3200. The van der Waals surface area contributed by atoms with Crippen molar-refractivity contribution in [3.05, 3.63) is 147 Å². The number of hydrogen-bond acceptors (Lipinski definition) is 17. The van der Waals surface area contributed by atoms with Crippen molar-refractivity contribution in [3.8, 4) is 12.1 Å². The average Bonchev–Trinajstić information content (AvgIpc) is 4.40. The summed E-state index contributed by atoms with van der Waals surface area (Å²) >= 11 is 5.39. The molecule has 2 aromatic heterocycles. The van der Waals surface area contributed by atoms with Crippen molar-refractivity contribution >= 4 is 62.9 Å². The number of ether oxygens (including phenoxy) is 1. The minimum Gasteiger partial charge on any atom is -0.444 e. The van der Waals surface area contributed by atoms with Crippen molar-refractivity contribution in [3.63, 3.8) is 0 Å². The van der Waals surface area contributed by atoms with Gasteiger partial charge in [0.15, 0.2) is 42.0 Å². The van der Waals surface area contributed by atoms with Crippen LogP contribution < -0.4 is 16.0 Å². The summed E-state index contributed by atoms with van der Waals surface area (Å²) in [6.07, 6.45) is 2.42. The van der Waals surface area contributed by atoms with Crippen LogP contribution in [0.2, 0.25) is 5.15 Å². The summed E-state index contributed by atoms with van der Waals surface area (Å²) in [5.74, 6) is 3.08. The molecule has 0 radical (unpaired) electrons. The zero-order valence-corrected chi connectivity index (χ0v) is 54.5. The third-order valence-electron chi connectivity index (χ3n) is 13.2. The number of likely N-dealkylation sites (tertiary alicyclic amines) is 1. The summed E-state index contributed by atoms with van der Waals surface area (Å²) in [5, 5.41) is 35.3. The van der Waals surface area contributed by atoms with Crippen LogP contribution in [0.5, 0.6) is 0 Å². The van der Waals surface area contributed by atoms with E-state index in [9.17, 15) is 30.0 Å². The molecule has 0 spiro atoms. The minimum atomic E-state index is -3.44. The lowest BCUT2D eigenvalue weighted by Gasteiger charge is -2.24. The number of nitrogens with zero attached hydrogens (tertiary/aromatic N) is 8. The molecule has 3 aliphatic rings. The largest absolute Gasteiger partial charge is 0.444 e. The van der Waals surface area contributed by atoms with Crippen LogP contribution in [0.1, 0.15) is 158 Å². The number of carbonyl (C=O) groups is 1. The zero-order valence-electron chi connectivity index (χ0n) is 50.5. The molecule has 5 heterocycles. The summed E-state index contributed by atoms with van der Waals surface area (Å²) in [7, 11) is -4.46. The molecular weight excluding hydrogens is 1170 g/mol. The van der Waals surface area contributed by atoms with Crippen LogP contribution in [0.25, 0.3) is 0 Å². The van der Waals surface area contributed by atoms with E-state index in [1.807, 2.05) is 112 Å². The lowest BCUT2D eigenvalue weighted by Crippen LogP contribution is -2.36. The van der Waals surface area contributed by atoms with Gasteiger partial charge in [-0.05, 0) is 140 Å². The highest BCUT2D eigenvalue weighted by Gasteiger charge is 2.30. The first-order valence-corrected chi connectivity index (χ1v) is 34.8. The monoisotopic (exact) mass is 1250 g/mol. The summed E-state index contributed by atoms with van der Waals surface area (Å²) in [5.41, 5.74) is 11.9. The predicted octanol–water partition coefficient (Wildman–Crippen LogP) is 11.1. The van der Waals surface area contributed by atoms with E-state index < -0.39 is 34.3 Å². The first-order valence-electron chi connectivity index (χ1n) is 28.3. The highest BCUT2D eigenvalue weighted by molar-refractivity contribution is 8.13. The zero-order chi connectivity index (χ0) is 62.8. The molecule has 84 heavy (non-hydrogen) atoms. The number of aromatic nitrogens is 4. The highest BCUT2D eigenvalue weighted by atomic mass is 35.7. The van der Waals surface area contributed by atoms with Gasteiger partial charge < -0.3 is 25.6 Å². The second-order valence-electron chi connectivity index (χ2n) is 22.7. The van der Waals surface area contributed by atoms with E-state index in [2.05, 4.69) is 67.3 Å². The van der Waals surface area contributed by atoms with Crippen LogP contribution in [0.4, 0.5) is 10.6 Å². The lowest BCUT2D eigenvalue weighted by atomic mass is 10.0. The fourth-order valence-electron chi connectivity index (χ4n) is 8.78. The lowest BCUT2D eigenvalue weighted by molar-refractivity contribution is 0.0292. The Balaban J connectivity index is 0.000000286. The second-order valence-corrected chi connectivity index (χ2v) is 30.0. The number of amides is 1. The molecule has 3 atom stereocenters. The molecule has 0 unspecified atom stereocenters. The van der Waals surface area contributed by atoms with E-state index in [0.717, 1.165) is 62.1 Å². The second kappa shape index (κ2) is 35.0. The van der Waals surface area contributed by atoms with Crippen LogP contribution in [0, 0.1) is 34.5 Å². The number of halogens is 2. The normalized spacial score (nSPS) is 16.7. The molecule has 3 aromatic carbocycles. The molecule has 0 bridgehead atoms. The molecule has 3 saturated heterocycles. The van der Waals surface area contributed by atoms with Crippen LogP contribution >= 0.6 is 22.3 Å². The summed E-state index contributed by atoms with van der Waals surface area (Å²) < 4.78 is 76.3. The number of nitrogens with two attached hydrogens (primary N) is 1. The van der Waals surface area contributed by atoms with Crippen LogP contribution in [-0.2, 0) is 50.7 Å². The molecule has 18 nitrogen and oxygen atoms in total. The maximum atomic E-state index is 12.6. The Morgan fingerprint density at radius 3 is 1.45 bits per heavy atom. The van der Waals surface area contributed by atoms with Gasteiger partial charge in [0.1, 0.15) is 17.7 Å². The summed E-state index contributed by atoms with van der Waals surface area (Å²) in [6, 6.07) is 33.6. The van der Waals surface area contributed by atoms with Crippen molar-refractivity contribution in [1.82, 2.24) is 30.6 Å². The molecule has 23 heteroatoms. The maximum absolute atomic E-state index is 12.6. The van der Waals surface area contributed by atoms with E-state index in [4.69, 9.17) is 43.3 Å². The Morgan fingerprint density at radius 1 is 0.643 bits per heavy atom. The van der Waals surface area contributed by atoms with Crippen LogP contribution in [0.15, 0.2) is 97.1 Å². The van der Waals surface area contributed by atoms with E-state index in [1.54, 1.807) is 29.2 Å². The molecule has 3 fully saturated rings. The topological polar surface area (TPSA) is 272 Å². The van der Waals surface area contributed by atoms with Gasteiger partial charge in [-0.2, -0.15) is 10.5 Å². The van der Waals surface area contributed by atoms with E-state index in [-0.39, 0.29) is 52.5 Å². The number of nitrogens with one attached hydrogen (secondary N) is 1. The molecule has 0 aliphatic carbocycles. The third-order valence-corrected chi connectivity index (χ3v) is 17.9.